The van der Waals surface area contributed by atoms with Crippen molar-refractivity contribution in [3.05, 3.63) is 0 Å². The number of hydrogen-bond acceptors (Lipinski definition) is 3. The second-order valence-electron chi connectivity index (χ2n) is 10.9. The molecule has 0 spiro atoms. The molecule has 0 saturated heterocycles. The predicted molar refractivity (Wildman–Crippen MR) is 160 cm³/mol. The summed E-state index contributed by atoms with van der Waals surface area (Å²) in [7, 11) is 0. The maximum atomic E-state index is 10.6. The first kappa shape index (κ1) is 41.6. The van der Waals surface area contributed by atoms with Gasteiger partial charge in [0.2, 0.25) is 0 Å². The highest BCUT2D eigenvalue weighted by molar-refractivity contribution is 5.85. The van der Waals surface area contributed by atoms with E-state index in [1.165, 1.54) is 135 Å². The van der Waals surface area contributed by atoms with Crippen LogP contribution < -0.4 is 11.9 Å². The Balaban J connectivity index is -0.00000150. The van der Waals surface area contributed by atoms with Gasteiger partial charge in [-0.15, -0.1) is 24.8 Å². The third-order valence-electron chi connectivity index (χ3n) is 7.64. The number of unbranched alkanes of at least 4 members (excludes halogenated alkanes) is 19. The molecule has 0 aromatic heterocycles. The van der Waals surface area contributed by atoms with Crippen molar-refractivity contribution in [2.75, 3.05) is 0 Å². The van der Waals surface area contributed by atoms with E-state index in [2.05, 4.69) is 20.8 Å². The lowest BCUT2D eigenvalue weighted by atomic mass is 9.72. The predicted octanol–water partition coefficient (Wildman–Crippen LogP) is 10.7. The number of hydrogen-bond donors (Lipinski definition) is 3. The quantitative estimate of drug-likeness (QED) is 0.0859. The Labute approximate surface area is 228 Å². The molecule has 0 radical (unpaired) electrons. The Bertz CT molecular complexity index is 378. The van der Waals surface area contributed by atoms with Crippen molar-refractivity contribution in [1.29, 1.82) is 0 Å². The highest BCUT2D eigenvalue weighted by Crippen LogP contribution is 2.38. The highest BCUT2D eigenvalue weighted by Gasteiger charge is 2.38. The molecule has 3 nitrogen and oxygen atoms in total. The lowest BCUT2D eigenvalue weighted by molar-refractivity contribution is -0.0680. The van der Waals surface area contributed by atoms with E-state index in [-0.39, 0.29) is 36.4 Å². The Hall–Kier alpha value is 0.460. The van der Waals surface area contributed by atoms with Gasteiger partial charge in [0.25, 0.3) is 0 Å². The minimum atomic E-state index is -1.06. The van der Waals surface area contributed by atoms with E-state index in [4.69, 9.17) is 5.73 Å². The SMILES string of the molecule is CCCCCCCCCCCCCC(C)(CCCCCCCCCCCC)C(C)(N)O.Cl.Cl.N. The lowest BCUT2D eigenvalue weighted by Gasteiger charge is -2.40. The summed E-state index contributed by atoms with van der Waals surface area (Å²) in [6.07, 6.45) is 30.8. The van der Waals surface area contributed by atoms with E-state index in [0.717, 1.165) is 12.8 Å². The van der Waals surface area contributed by atoms with E-state index >= 15 is 0 Å². The van der Waals surface area contributed by atoms with Gasteiger partial charge >= 0.3 is 0 Å². The Kier molecular flexibility index (Phi) is 34.3. The zero-order valence-corrected chi connectivity index (χ0v) is 25.4. The molecule has 0 aliphatic carbocycles. The number of halogens is 2. The third-order valence-corrected chi connectivity index (χ3v) is 7.64. The summed E-state index contributed by atoms with van der Waals surface area (Å²) in [5.41, 5.74) is 5.01. The van der Waals surface area contributed by atoms with Crippen LogP contribution in [0.2, 0.25) is 0 Å². The summed E-state index contributed by atoms with van der Waals surface area (Å²) in [5.74, 6) is 0. The number of rotatable bonds is 24. The van der Waals surface area contributed by atoms with E-state index < -0.39 is 5.72 Å². The second kappa shape index (κ2) is 28.0. The van der Waals surface area contributed by atoms with Gasteiger partial charge in [0.05, 0.1) is 0 Å². The molecular formula is C29H66Cl2N2O. The molecule has 0 saturated carbocycles. The van der Waals surface area contributed by atoms with Gasteiger partial charge in [0.15, 0.2) is 0 Å². The third kappa shape index (κ3) is 24.2. The fraction of sp³-hybridized carbons (Fsp3) is 1.00. The molecule has 6 N–H and O–H groups in total. The molecular weight excluding hydrogens is 463 g/mol. The smallest absolute Gasteiger partial charge is 0.116 e. The van der Waals surface area contributed by atoms with Crippen LogP contribution in [0.3, 0.4) is 0 Å². The first-order chi connectivity index (χ1) is 14.9. The van der Waals surface area contributed by atoms with Crippen molar-refractivity contribution in [3.63, 3.8) is 0 Å². The molecule has 0 aromatic carbocycles. The van der Waals surface area contributed by atoms with Crippen LogP contribution in [-0.4, -0.2) is 10.8 Å². The van der Waals surface area contributed by atoms with E-state index in [1.54, 1.807) is 0 Å². The maximum absolute atomic E-state index is 10.6. The summed E-state index contributed by atoms with van der Waals surface area (Å²) in [6.45, 7) is 8.61. The van der Waals surface area contributed by atoms with Gasteiger partial charge in [-0.25, -0.2) is 0 Å². The van der Waals surface area contributed by atoms with Crippen LogP contribution in [0, 0.1) is 5.41 Å². The van der Waals surface area contributed by atoms with Crippen molar-refractivity contribution in [3.8, 4) is 0 Å². The van der Waals surface area contributed by atoms with Gasteiger partial charge in [0.1, 0.15) is 5.72 Å². The zero-order chi connectivity index (χ0) is 23.3. The van der Waals surface area contributed by atoms with E-state index in [0.29, 0.717) is 0 Å². The summed E-state index contributed by atoms with van der Waals surface area (Å²) in [4.78, 5) is 0. The summed E-state index contributed by atoms with van der Waals surface area (Å²) in [6, 6.07) is 0. The molecule has 0 fully saturated rings. The monoisotopic (exact) mass is 528 g/mol. The average molecular weight is 530 g/mol. The lowest BCUT2D eigenvalue weighted by Crippen LogP contribution is -2.51. The molecule has 5 heteroatoms. The van der Waals surface area contributed by atoms with Crippen molar-refractivity contribution in [1.82, 2.24) is 6.15 Å². The van der Waals surface area contributed by atoms with Gasteiger partial charge in [0, 0.05) is 5.41 Å². The summed E-state index contributed by atoms with van der Waals surface area (Å²) in [5, 5.41) is 10.6. The molecule has 0 aromatic rings. The number of nitrogens with two attached hydrogens (primary N) is 1. The fourth-order valence-electron chi connectivity index (χ4n) is 4.81. The maximum Gasteiger partial charge on any atom is 0.116 e. The Morgan fingerprint density at radius 3 is 0.882 bits per heavy atom. The van der Waals surface area contributed by atoms with E-state index in [9.17, 15) is 5.11 Å². The Morgan fingerprint density at radius 2 is 0.676 bits per heavy atom. The van der Waals surface area contributed by atoms with Crippen LogP contribution in [0.4, 0.5) is 0 Å². The van der Waals surface area contributed by atoms with Gasteiger partial charge in [-0.05, 0) is 19.8 Å². The highest BCUT2D eigenvalue weighted by atomic mass is 35.5. The second-order valence-corrected chi connectivity index (χ2v) is 10.9. The first-order valence-electron chi connectivity index (χ1n) is 14.4. The van der Waals surface area contributed by atoms with Crippen LogP contribution in [0.15, 0.2) is 0 Å². The molecule has 0 aliphatic rings. The van der Waals surface area contributed by atoms with Crippen molar-refractivity contribution >= 4 is 24.8 Å². The minimum Gasteiger partial charge on any atom is -0.376 e. The van der Waals surface area contributed by atoms with Crippen LogP contribution in [0.1, 0.15) is 175 Å². The molecule has 2 unspecified atom stereocenters. The largest absolute Gasteiger partial charge is 0.376 e. The van der Waals surface area contributed by atoms with Crippen molar-refractivity contribution in [2.45, 2.75) is 181 Å². The van der Waals surface area contributed by atoms with Crippen molar-refractivity contribution < 1.29 is 5.11 Å². The molecule has 34 heavy (non-hydrogen) atoms. The minimum absolute atomic E-state index is 0. The zero-order valence-electron chi connectivity index (χ0n) is 23.8. The molecule has 0 aliphatic heterocycles. The van der Waals surface area contributed by atoms with Crippen molar-refractivity contribution in [2.24, 2.45) is 11.1 Å². The molecule has 0 heterocycles. The van der Waals surface area contributed by atoms with Crippen LogP contribution >= 0.6 is 24.8 Å². The van der Waals surface area contributed by atoms with Crippen LogP contribution in [0.5, 0.6) is 0 Å². The number of aliphatic hydroxyl groups is 1. The Morgan fingerprint density at radius 1 is 0.471 bits per heavy atom. The van der Waals surface area contributed by atoms with Gasteiger partial charge in [-0.2, -0.15) is 0 Å². The van der Waals surface area contributed by atoms with Crippen LogP contribution in [0.25, 0.3) is 0 Å². The average Bonchev–Trinajstić information content (AvgIpc) is 2.72. The molecule has 212 valence electrons. The van der Waals surface area contributed by atoms with Gasteiger partial charge in [-0.3, -0.25) is 0 Å². The van der Waals surface area contributed by atoms with Crippen LogP contribution in [-0.2, 0) is 0 Å². The summed E-state index contributed by atoms with van der Waals surface area (Å²) < 4.78 is 0. The van der Waals surface area contributed by atoms with Gasteiger partial charge < -0.3 is 17.0 Å². The topological polar surface area (TPSA) is 81.2 Å². The van der Waals surface area contributed by atoms with Gasteiger partial charge in [-0.1, -0.05) is 156 Å². The normalized spacial score (nSPS) is 14.3. The first-order valence-corrected chi connectivity index (χ1v) is 14.4. The molecule has 0 bridgehead atoms. The molecule has 0 amide bonds. The van der Waals surface area contributed by atoms with E-state index in [1.807, 2.05) is 6.92 Å². The molecule has 0 rings (SSSR count). The fourth-order valence-corrected chi connectivity index (χ4v) is 4.81. The molecule has 2 atom stereocenters. The summed E-state index contributed by atoms with van der Waals surface area (Å²) >= 11 is 0. The standard InChI is InChI=1S/C29H61NO.2ClH.H3N/c1-5-7-9-11-13-15-17-19-21-23-25-27-28(3,29(4,30)31)26-24-22-20-18-16-14-12-10-8-6-2;;;/h31H,5-27,30H2,1-4H3;2*1H;1H3.